The van der Waals surface area contributed by atoms with Crippen LogP contribution >= 0.6 is 0 Å². The summed E-state index contributed by atoms with van der Waals surface area (Å²) in [5, 5.41) is 9.22. The van der Waals surface area contributed by atoms with Gasteiger partial charge in [-0.1, -0.05) is 13.8 Å². The van der Waals surface area contributed by atoms with Crippen LogP contribution in [0, 0.1) is 5.92 Å². The third-order valence-corrected chi connectivity index (χ3v) is 5.01. The van der Waals surface area contributed by atoms with E-state index in [0.717, 1.165) is 6.42 Å². The van der Waals surface area contributed by atoms with Crippen molar-refractivity contribution in [3.8, 4) is 11.5 Å². The molecule has 0 fully saturated rings. The van der Waals surface area contributed by atoms with Gasteiger partial charge in [0.05, 0.1) is 17.1 Å². The summed E-state index contributed by atoms with van der Waals surface area (Å²) in [4.78, 5) is 11.9. The number of esters is 1. The summed E-state index contributed by atoms with van der Waals surface area (Å²) in [5.41, 5.74) is 0.377. The van der Waals surface area contributed by atoms with E-state index in [-0.39, 0.29) is 10.6 Å². The van der Waals surface area contributed by atoms with Gasteiger partial charge in [-0.2, -0.15) is 0 Å². The predicted molar refractivity (Wildman–Crippen MR) is 97.0 cm³/mol. The maximum Gasteiger partial charge on any atom is 0.338 e. The maximum absolute atomic E-state index is 12.2. The maximum atomic E-state index is 12.2. The molecule has 0 saturated heterocycles. The van der Waals surface area contributed by atoms with Crippen LogP contribution in [0.4, 0.5) is 0 Å². The Morgan fingerprint density at radius 3 is 2.23 bits per heavy atom. The number of ether oxygens (including phenoxy) is 2. The number of carbonyl (C=O) groups is 1. The topological polar surface area (TPSA) is 89.9 Å². The molecule has 26 heavy (non-hydrogen) atoms. The van der Waals surface area contributed by atoms with E-state index < -0.39 is 21.7 Å². The van der Waals surface area contributed by atoms with Gasteiger partial charge in [-0.25, -0.2) is 13.2 Å². The summed E-state index contributed by atoms with van der Waals surface area (Å²) >= 11 is 0. The molecule has 0 saturated carbocycles. The molecule has 2 aromatic carbocycles. The van der Waals surface area contributed by atoms with Crippen LogP contribution in [0.2, 0.25) is 0 Å². The van der Waals surface area contributed by atoms with Gasteiger partial charge in [0.2, 0.25) is 9.84 Å². The quantitative estimate of drug-likeness (QED) is 0.708. The van der Waals surface area contributed by atoms with Crippen LogP contribution in [-0.4, -0.2) is 32.0 Å². The van der Waals surface area contributed by atoms with E-state index in [1.807, 2.05) is 13.8 Å². The van der Waals surface area contributed by atoms with Crippen molar-refractivity contribution in [2.24, 2.45) is 5.92 Å². The van der Waals surface area contributed by atoms with E-state index in [1.54, 1.807) is 0 Å². The molecule has 2 aromatic rings. The standard InChI is InChI=1S/C19H22O6S/c1-14(2)11-12-24-19(21)15-3-7-17(8-4-15)25-13-26(22,23)18-9-5-16(20)6-10-18/h3-10,14,20H,11-13H2,1-2H3. The monoisotopic (exact) mass is 378 g/mol. The van der Waals surface area contributed by atoms with Crippen molar-refractivity contribution in [1.29, 1.82) is 0 Å². The van der Waals surface area contributed by atoms with Crippen molar-refractivity contribution >= 4 is 15.8 Å². The average molecular weight is 378 g/mol. The van der Waals surface area contributed by atoms with Crippen LogP contribution in [0.25, 0.3) is 0 Å². The van der Waals surface area contributed by atoms with E-state index in [0.29, 0.717) is 23.8 Å². The smallest absolute Gasteiger partial charge is 0.338 e. The minimum Gasteiger partial charge on any atom is -0.508 e. The fourth-order valence-electron chi connectivity index (χ4n) is 2.03. The summed E-state index contributed by atoms with van der Waals surface area (Å²) in [6, 6.07) is 11.3. The number of phenolic OH excluding ortho intramolecular Hbond substituents is 1. The molecule has 7 heteroatoms. The van der Waals surface area contributed by atoms with Crippen molar-refractivity contribution in [3.63, 3.8) is 0 Å². The molecule has 0 unspecified atom stereocenters. The first-order valence-corrected chi connectivity index (χ1v) is 9.85. The zero-order valence-corrected chi connectivity index (χ0v) is 15.5. The van der Waals surface area contributed by atoms with Gasteiger partial charge in [0, 0.05) is 0 Å². The molecule has 0 aliphatic carbocycles. The average Bonchev–Trinajstić information content (AvgIpc) is 2.60. The minimum atomic E-state index is -3.65. The molecule has 0 bridgehead atoms. The normalized spacial score (nSPS) is 11.3. The predicted octanol–water partition coefficient (Wildman–Crippen LogP) is 3.41. The lowest BCUT2D eigenvalue weighted by molar-refractivity contribution is 0.0488. The molecule has 140 valence electrons. The first-order valence-electron chi connectivity index (χ1n) is 8.20. The summed E-state index contributed by atoms with van der Waals surface area (Å²) in [6.07, 6.45) is 0.794. The SMILES string of the molecule is CC(C)CCOC(=O)c1ccc(OCS(=O)(=O)c2ccc(O)cc2)cc1. The van der Waals surface area contributed by atoms with E-state index in [2.05, 4.69) is 0 Å². The Balaban J connectivity index is 1.92. The lowest BCUT2D eigenvalue weighted by Crippen LogP contribution is -2.12. The van der Waals surface area contributed by atoms with Crippen LogP contribution < -0.4 is 4.74 Å². The molecular formula is C19H22O6S. The molecular weight excluding hydrogens is 356 g/mol. The molecule has 0 aromatic heterocycles. The number of hydrogen-bond donors (Lipinski definition) is 1. The van der Waals surface area contributed by atoms with E-state index in [1.165, 1.54) is 48.5 Å². The molecule has 0 radical (unpaired) electrons. The Morgan fingerprint density at radius 2 is 1.65 bits per heavy atom. The van der Waals surface area contributed by atoms with Gasteiger partial charge < -0.3 is 14.6 Å². The van der Waals surface area contributed by atoms with Crippen LogP contribution in [0.15, 0.2) is 53.4 Å². The highest BCUT2D eigenvalue weighted by Crippen LogP contribution is 2.18. The Hall–Kier alpha value is -2.54. The van der Waals surface area contributed by atoms with Gasteiger partial charge in [-0.15, -0.1) is 0 Å². The highest BCUT2D eigenvalue weighted by Gasteiger charge is 2.16. The minimum absolute atomic E-state index is 0.0132. The lowest BCUT2D eigenvalue weighted by atomic mass is 10.1. The second-order valence-corrected chi connectivity index (χ2v) is 8.15. The molecule has 0 aliphatic heterocycles. The van der Waals surface area contributed by atoms with Crippen LogP contribution in [0.5, 0.6) is 11.5 Å². The number of hydrogen-bond acceptors (Lipinski definition) is 6. The van der Waals surface area contributed by atoms with Crippen LogP contribution in [0.3, 0.4) is 0 Å². The highest BCUT2D eigenvalue weighted by atomic mass is 32.2. The largest absolute Gasteiger partial charge is 0.508 e. The van der Waals surface area contributed by atoms with Crippen molar-refractivity contribution in [2.45, 2.75) is 25.2 Å². The van der Waals surface area contributed by atoms with Gasteiger partial charge in [0.25, 0.3) is 0 Å². The van der Waals surface area contributed by atoms with Gasteiger partial charge in [-0.05, 0) is 60.9 Å². The van der Waals surface area contributed by atoms with Crippen LogP contribution in [-0.2, 0) is 14.6 Å². The van der Waals surface area contributed by atoms with E-state index in [4.69, 9.17) is 9.47 Å². The molecule has 0 aliphatic rings. The number of sulfone groups is 1. The number of rotatable bonds is 8. The Labute approximate surface area is 153 Å². The van der Waals surface area contributed by atoms with Crippen molar-refractivity contribution in [3.05, 3.63) is 54.1 Å². The molecule has 0 heterocycles. The summed E-state index contributed by atoms with van der Waals surface area (Å²) < 4.78 is 34.8. The fraction of sp³-hybridized carbons (Fsp3) is 0.316. The van der Waals surface area contributed by atoms with Crippen molar-refractivity contribution in [2.75, 3.05) is 12.5 Å². The van der Waals surface area contributed by atoms with Gasteiger partial charge >= 0.3 is 5.97 Å². The van der Waals surface area contributed by atoms with Gasteiger partial charge in [0.1, 0.15) is 11.5 Å². The third-order valence-electron chi connectivity index (χ3n) is 3.59. The second kappa shape index (κ2) is 8.71. The zero-order chi connectivity index (χ0) is 19.2. The first kappa shape index (κ1) is 19.8. The molecule has 1 N–H and O–H groups in total. The van der Waals surface area contributed by atoms with Gasteiger partial charge in [0.15, 0.2) is 5.94 Å². The number of aromatic hydroxyl groups is 1. The Bertz CT molecular complexity index is 823. The molecule has 0 atom stereocenters. The van der Waals surface area contributed by atoms with E-state index in [9.17, 15) is 18.3 Å². The zero-order valence-electron chi connectivity index (χ0n) is 14.7. The molecule has 0 amide bonds. The fourth-order valence-corrected chi connectivity index (χ4v) is 3.00. The second-order valence-electron chi connectivity index (χ2n) is 6.21. The van der Waals surface area contributed by atoms with Crippen molar-refractivity contribution < 1.29 is 27.8 Å². The Morgan fingerprint density at radius 1 is 1.04 bits per heavy atom. The van der Waals surface area contributed by atoms with E-state index >= 15 is 0 Å². The molecule has 2 rings (SSSR count). The third kappa shape index (κ3) is 5.77. The molecule has 0 spiro atoms. The first-order chi connectivity index (χ1) is 12.3. The lowest BCUT2D eigenvalue weighted by Gasteiger charge is -2.09. The number of benzene rings is 2. The van der Waals surface area contributed by atoms with Crippen molar-refractivity contribution in [1.82, 2.24) is 0 Å². The number of phenols is 1. The summed E-state index contributed by atoms with van der Waals surface area (Å²) in [5.74, 6) is -0.203. The van der Waals surface area contributed by atoms with Crippen LogP contribution in [0.1, 0.15) is 30.6 Å². The summed E-state index contributed by atoms with van der Waals surface area (Å²) in [7, 11) is -3.65. The van der Waals surface area contributed by atoms with Gasteiger partial charge in [-0.3, -0.25) is 0 Å². The molecule has 6 nitrogen and oxygen atoms in total. The highest BCUT2D eigenvalue weighted by molar-refractivity contribution is 7.91. The number of carbonyl (C=O) groups excluding carboxylic acids is 1. The Kier molecular flexibility index (Phi) is 6.63. The summed E-state index contributed by atoms with van der Waals surface area (Å²) in [6.45, 7) is 4.46.